The van der Waals surface area contributed by atoms with E-state index in [2.05, 4.69) is 15.0 Å². The lowest BCUT2D eigenvalue weighted by Crippen LogP contribution is -2.12. The Kier molecular flexibility index (Phi) is 4.58. The predicted octanol–water partition coefficient (Wildman–Crippen LogP) is 1.58. The second-order valence-electron chi connectivity index (χ2n) is 5.13. The number of Topliss-reactive ketones (excluding diaryl/α,β-unsaturated/α-hetero) is 1. The molecular weight excluding hydrogens is 294 g/mol. The first-order valence-electron chi connectivity index (χ1n) is 7.28. The van der Waals surface area contributed by atoms with E-state index in [9.17, 15) is 4.79 Å². The number of rotatable bonds is 7. The third kappa shape index (κ3) is 3.70. The summed E-state index contributed by atoms with van der Waals surface area (Å²) in [6.45, 7) is 1.09. The highest BCUT2D eigenvalue weighted by Crippen LogP contribution is 2.14. The fourth-order valence-electron chi connectivity index (χ4n) is 2.23. The van der Waals surface area contributed by atoms with Gasteiger partial charge in [-0.3, -0.25) is 4.79 Å². The quantitative estimate of drug-likeness (QED) is 0.666. The van der Waals surface area contributed by atoms with E-state index in [4.69, 9.17) is 10.5 Å². The molecule has 118 valence electrons. The summed E-state index contributed by atoms with van der Waals surface area (Å²) in [5, 5.41) is 0. The van der Waals surface area contributed by atoms with E-state index in [0.29, 0.717) is 36.6 Å². The molecule has 2 N–H and O–H groups in total. The summed E-state index contributed by atoms with van der Waals surface area (Å²) in [4.78, 5) is 24.2. The van der Waals surface area contributed by atoms with Gasteiger partial charge in [0.25, 0.3) is 0 Å². The lowest BCUT2D eigenvalue weighted by atomic mass is 10.2. The molecule has 7 nitrogen and oxygen atoms in total. The number of hydrogen-bond donors (Lipinski definition) is 1. The van der Waals surface area contributed by atoms with Crippen molar-refractivity contribution in [3.05, 3.63) is 48.5 Å². The van der Waals surface area contributed by atoms with Gasteiger partial charge in [0.15, 0.2) is 17.2 Å². The van der Waals surface area contributed by atoms with Gasteiger partial charge in [0.1, 0.15) is 11.8 Å². The highest BCUT2D eigenvalue weighted by Gasteiger charge is 2.10. The molecule has 3 rings (SSSR count). The van der Waals surface area contributed by atoms with Crippen molar-refractivity contribution < 1.29 is 9.53 Å². The van der Waals surface area contributed by atoms with E-state index >= 15 is 0 Å². The van der Waals surface area contributed by atoms with Gasteiger partial charge in [-0.05, 0) is 5.56 Å². The summed E-state index contributed by atoms with van der Waals surface area (Å²) in [5.41, 5.74) is 7.89. The zero-order valence-electron chi connectivity index (χ0n) is 12.6. The van der Waals surface area contributed by atoms with Gasteiger partial charge in [-0.1, -0.05) is 30.3 Å². The Balaban J connectivity index is 1.50. The number of nitrogens with zero attached hydrogens (tertiary/aromatic N) is 4. The van der Waals surface area contributed by atoms with Crippen molar-refractivity contribution in [2.24, 2.45) is 0 Å². The zero-order chi connectivity index (χ0) is 16.1. The molecule has 7 heteroatoms. The molecule has 0 spiro atoms. The highest BCUT2D eigenvalue weighted by molar-refractivity contribution is 5.84. The summed E-state index contributed by atoms with van der Waals surface area (Å²) in [7, 11) is 0. The van der Waals surface area contributed by atoms with Crippen LogP contribution in [0.2, 0.25) is 0 Å². The van der Waals surface area contributed by atoms with Crippen LogP contribution >= 0.6 is 0 Å². The Morgan fingerprint density at radius 1 is 1.17 bits per heavy atom. The summed E-state index contributed by atoms with van der Waals surface area (Å²) in [5.74, 6) is 0.363. The van der Waals surface area contributed by atoms with Crippen molar-refractivity contribution in [3.8, 4) is 0 Å². The molecule has 0 bridgehead atoms. The first-order chi connectivity index (χ1) is 11.2. The van der Waals surface area contributed by atoms with Gasteiger partial charge >= 0.3 is 0 Å². The second-order valence-corrected chi connectivity index (χ2v) is 5.13. The molecule has 0 aliphatic rings. The van der Waals surface area contributed by atoms with Gasteiger partial charge in [0, 0.05) is 6.42 Å². The lowest BCUT2D eigenvalue weighted by Gasteiger charge is -2.05. The Hall–Kier alpha value is -2.80. The third-order valence-corrected chi connectivity index (χ3v) is 3.41. The molecule has 0 fully saturated rings. The molecule has 2 heterocycles. The van der Waals surface area contributed by atoms with E-state index in [1.54, 1.807) is 10.9 Å². The smallest absolute Gasteiger partial charge is 0.165 e. The van der Waals surface area contributed by atoms with Gasteiger partial charge in [-0.25, -0.2) is 15.0 Å². The third-order valence-electron chi connectivity index (χ3n) is 3.41. The molecule has 0 atom stereocenters. The summed E-state index contributed by atoms with van der Waals surface area (Å²) >= 11 is 0. The van der Waals surface area contributed by atoms with Crippen LogP contribution < -0.4 is 5.73 Å². The molecule has 0 radical (unpaired) electrons. The molecule has 2 aromatic heterocycles. The van der Waals surface area contributed by atoms with E-state index in [1.807, 2.05) is 30.3 Å². The largest absolute Gasteiger partial charge is 0.382 e. The van der Waals surface area contributed by atoms with Gasteiger partial charge in [-0.2, -0.15) is 0 Å². The van der Waals surface area contributed by atoms with Crippen LogP contribution in [-0.2, 0) is 22.7 Å². The van der Waals surface area contributed by atoms with Gasteiger partial charge in [-0.15, -0.1) is 0 Å². The van der Waals surface area contributed by atoms with Crippen molar-refractivity contribution in [3.63, 3.8) is 0 Å². The molecule has 1 aromatic carbocycles. The fourth-order valence-corrected chi connectivity index (χ4v) is 2.23. The average molecular weight is 311 g/mol. The van der Waals surface area contributed by atoms with Crippen molar-refractivity contribution in [2.45, 2.75) is 19.6 Å². The van der Waals surface area contributed by atoms with Crippen molar-refractivity contribution in [1.29, 1.82) is 0 Å². The van der Waals surface area contributed by atoms with E-state index in [1.165, 1.54) is 6.33 Å². The van der Waals surface area contributed by atoms with Crippen molar-refractivity contribution in [1.82, 2.24) is 19.5 Å². The number of hydrogen-bond acceptors (Lipinski definition) is 6. The standard InChI is InChI=1S/C16H17N5O2/c17-15-14-16(19-10-18-15)21(11-20-14)8-13(22)6-7-23-9-12-4-2-1-3-5-12/h1-5,10-11H,6-9H2,(H2,17,18,19). The zero-order valence-corrected chi connectivity index (χ0v) is 12.6. The molecule has 0 saturated carbocycles. The number of nitrogen functional groups attached to an aromatic ring is 1. The van der Waals surface area contributed by atoms with Crippen LogP contribution in [0.15, 0.2) is 43.0 Å². The molecule has 0 unspecified atom stereocenters. The van der Waals surface area contributed by atoms with Gasteiger partial charge in [0.05, 0.1) is 26.1 Å². The van der Waals surface area contributed by atoms with Crippen LogP contribution in [0.4, 0.5) is 5.82 Å². The maximum absolute atomic E-state index is 12.0. The van der Waals surface area contributed by atoms with E-state index < -0.39 is 0 Å². The fraction of sp³-hybridized carbons (Fsp3) is 0.250. The summed E-state index contributed by atoms with van der Waals surface area (Å²) in [6, 6.07) is 9.86. The van der Waals surface area contributed by atoms with Crippen molar-refractivity contribution >= 4 is 22.8 Å². The minimum atomic E-state index is 0.0505. The number of fused-ring (bicyclic) bond motifs is 1. The normalized spacial score (nSPS) is 11.0. The Labute approximate surface area is 133 Å². The monoisotopic (exact) mass is 311 g/mol. The average Bonchev–Trinajstić information content (AvgIpc) is 2.97. The maximum atomic E-state index is 12.0. The molecule has 0 amide bonds. The number of aromatic nitrogens is 4. The summed E-state index contributed by atoms with van der Waals surface area (Å²) < 4.78 is 7.20. The first-order valence-corrected chi connectivity index (χ1v) is 7.28. The summed E-state index contributed by atoms with van der Waals surface area (Å²) in [6.07, 6.45) is 3.26. The van der Waals surface area contributed by atoms with E-state index in [0.717, 1.165) is 5.56 Å². The predicted molar refractivity (Wildman–Crippen MR) is 85.5 cm³/mol. The number of imidazole rings is 1. The topological polar surface area (TPSA) is 95.9 Å². The number of carbonyl (C=O) groups excluding carboxylic acids is 1. The van der Waals surface area contributed by atoms with Gasteiger partial charge in [0.2, 0.25) is 0 Å². The molecular formula is C16H17N5O2. The van der Waals surface area contributed by atoms with Crippen molar-refractivity contribution in [2.75, 3.05) is 12.3 Å². The number of ether oxygens (including phenoxy) is 1. The van der Waals surface area contributed by atoms with Crippen LogP contribution in [0, 0.1) is 0 Å². The van der Waals surface area contributed by atoms with Gasteiger partial charge < -0.3 is 15.0 Å². The molecule has 0 saturated heterocycles. The van der Waals surface area contributed by atoms with Crippen LogP contribution in [0.5, 0.6) is 0 Å². The Morgan fingerprint density at radius 2 is 2.00 bits per heavy atom. The van der Waals surface area contributed by atoms with Crippen LogP contribution in [0.3, 0.4) is 0 Å². The second kappa shape index (κ2) is 6.97. The number of anilines is 1. The lowest BCUT2D eigenvalue weighted by molar-refractivity contribution is -0.120. The SMILES string of the molecule is Nc1ncnc2c1ncn2CC(=O)CCOCc1ccccc1. The number of ketones is 1. The molecule has 3 aromatic rings. The highest BCUT2D eigenvalue weighted by atomic mass is 16.5. The molecule has 0 aliphatic carbocycles. The number of benzene rings is 1. The first kappa shape index (κ1) is 15.1. The maximum Gasteiger partial charge on any atom is 0.165 e. The van der Waals surface area contributed by atoms with Crippen LogP contribution in [-0.4, -0.2) is 31.9 Å². The van der Waals surface area contributed by atoms with Crippen LogP contribution in [0.1, 0.15) is 12.0 Å². The minimum Gasteiger partial charge on any atom is -0.382 e. The van der Waals surface area contributed by atoms with Crippen LogP contribution in [0.25, 0.3) is 11.2 Å². The Morgan fingerprint density at radius 3 is 2.83 bits per heavy atom. The molecule has 23 heavy (non-hydrogen) atoms. The Bertz CT molecular complexity index is 801. The van der Waals surface area contributed by atoms with E-state index in [-0.39, 0.29) is 12.3 Å². The number of nitrogens with two attached hydrogens (primary N) is 1. The molecule has 0 aliphatic heterocycles. The minimum absolute atomic E-state index is 0.0505. The number of carbonyl (C=O) groups is 1.